The molecule has 1 amide bonds. The number of hydrogen-bond donors (Lipinski definition) is 1. The summed E-state index contributed by atoms with van der Waals surface area (Å²) in [7, 11) is -3.72. The number of carbonyl (C=O) groups excluding carboxylic acids is 1. The lowest BCUT2D eigenvalue weighted by atomic mass is 9.85. The van der Waals surface area contributed by atoms with Crippen LogP contribution in [0.25, 0.3) is 0 Å². The van der Waals surface area contributed by atoms with Gasteiger partial charge in [-0.2, -0.15) is 4.31 Å². The van der Waals surface area contributed by atoms with Crippen LogP contribution in [0.3, 0.4) is 0 Å². The minimum Gasteiger partial charge on any atom is -0.352 e. The van der Waals surface area contributed by atoms with E-state index >= 15 is 0 Å². The molecule has 0 radical (unpaired) electrons. The minimum absolute atomic E-state index is 0.129. The Morgan fingerprint density at radius 1 is 1.11 bits per heavy atom. The van der Waals surface area contributed by atoms with Crippen LogP contribution in [0.15, 0.2) is 46.0 Å². The van der Waals surface area contributed by atoms with Crippen LogP contribution in [-0.2, 0) is 27.8 Å². The summed E-state index contributed by atoms with van der Waals surface area (Å²) in [6.45, 7) is 2.40. The van der Waals surface area contributed by atoms with Crippen molar-refractivity contribution in [1.29, 1.82) is 0 Å². The largest absolute Gasteiger partial charge is 0.352 e. The molecular weight excluding hydrogens is 392 g/mol. The molecule has 7 heteroatoms. The molecule has 4 rings (SSSR count). The number of benzene rings is 1. The van der Waals surface area contributed by atoms with E-state index in [9.17, 15) is 13.2 Å². The summed E-state index contributed by atoms with van der Waals surface area (Å²) in [5.74, 6) is 0.254. The molecule has 1 aromatic carbocycles. The van der Waals surface area contributed by atoms with Gasteiger partial charge in [0.25, 0.3) is 10.0 Å². The average molecular weight is 419 g/mol. The zero-order valence-corrected chi connectivity index (χ0v) is 17.6. The van der Waals surface area contributed by atoms with E-state index in [-0.39, 0.29) is 22.7 Å². The monoisotopic (exact) mass is 418 g/mol. The van der Waals surface area contributed by atoms with Crippen LogP contribution >= 0.6 is 11.3 Å². The molecule has 28 heavy (non-hydrogen) atoms. The Balaban J connectivity index is 1.65. The number of fused-ring (bicyclic) bond motifs is 1. The first-order valence-corrected chi connectivity index (χ1v) is 12.2. The van der Waals surface area contributed by atoms with E-state index in [0.717, 1.165) is 30.4 Å². The second kappa shape index (κ2) is 7.97. The lowest BCUT2D eigenvalue weighted by Gasteiger charge is -2.37. The molecule has 150 valence electrons. The van der Waals surface area contributed by atoms with Gasteiger partial charge in [-0.3, -0.25) is 4.79 Å². The number of thiophene rings is 1. The summed E-state index contributed by atoms with van der Waals surface area (Å²) < 4.78 is 28.3. The van der Waals surface area contributed by atoms with Crippen LogP contribution < -0.4 is 5.32 Å². The van der Waals surface area contributed by atoms with E-state index in [0.29, 0.717) is 12.3 Å². The highest BCUT2D eigenvalue weighted by Crippen LogP contribution is 2.31. The molecule has 0 unspecified atom stereocenters. The molecular formula is C21H26N2O3S2. The van der Waals surface area contributed by atoms with E-state index in [4.69, 9.17) is 0 Å². The van der Waals surface area contributed by atoms with Crippen molar-refractivity contribution in [1.82, 2.24) is 9.62 Å². The molecule has 1 aliphatic carbocycles. The van der Waals surface area contributed by atoms with Gasteiger partial charge in [-0.1, -0.05) is 50.1 Å². The summed E-state index contributed by atoms with van der Waals surface area (Å²) in [6.07, 6.45) is 4.79. The van der Waals surface area contributed by atoms with Crippen molar-refractivity contribution in [3.63, 3.8) is 0 Å². The third-order valence-electron chi connectivity index (χ3n) is 6.01. The first-order chi connectivity index (χ1) is 13.5. The molecule has 1 fully saturated rings. The maximum absolute atomic E-state index is 13.3. The maximum atomic E-state index is 13.3. The van der Waals surface area contributed by atoms with Crippen LogP contribution in [0.4, 0.5) is 0 Å². The highest BCUT2D eigenvalue weighted by Gasteiger charge is 2.40. The highest BCUT2D eigenvalue weighted by molar-refractivity contribution is 7.91. The second-order valence-corrected chi connectivity index (χ2v) is 10.9. The molecule has 2 heterocycles. The van der Waals surface area contributed by atoms with Crippen molar-refractivity contribution < 1.29 is 13.2 Å². The van der Waals surface area contributed by atoms with E-state index in [1.165, 1.54) is 22.1 Å². The molecule has 5 nitrogen and oxygen atoms in total. The number of nitrogens with one attached hydrogen (secondary N) is 1. The number of sulfonamides is 1. The number of carbonyl (C=O) groups is 1. The summed E-state index contributed by atoms with van der Waals surface area (Å²) in [4.78, 5) is 13.2. The number of amides is 1. The van der Waals surface area contributed by atoms with Crippen molar-refractivity contribution in [3.05, 3.63) is 52.9 Å². The van der Waals surface area contributed by atoms with E-state index in [1.54, 1.807) is 17.5 Å². The molecule has 0 bridgehead atoms. The quantitative estimate of drug-likeness (QED) is 0.826. The smallest absolute Gasteiger partial charge is 0.253 e. The lowest BCUT2D eigenvalue weighted by molar-refractivity contribution is -0.126. The Labute approximate surface area is 170 Å². The number of rotatable bonds is 4. The molecule has 1 aliphatic heterocycles. The van der Waals surface area contributed by atoms with Crippen LogP contribution in [0.2, 0.25) is 0 Å². The van der Waals surface area contributed by atoms with Crippen LogP contribution in [0, 0.1) is 5.92 Å². The molecule has 0 spiro atoms. The van der Waals surface area contributed by atoms with Crippen molar-refractivity contribution >= 4 is 27.3 Å². The Kier molecular flexibility index (Phi) is 5.58. The van der Waals surface area contributed by atoms with E-state index < -0.39 is 16.1 Å². The number of hydrogen-bond acceptors (Lipinski definition) is 4. The van der Waals surface area contributed by atoms with Crippen molar-refractivity contribution in [2.75, 3.05) is 0 Å². The van der Waals surface area contributed by atoms with E-state index in [2.05, 4.69) is 12.2 Å². The van der Waals surface area contributed by atoms with Crippen molar-refractivity contribution in [2.24, 2.45) is 5.92 Å². The zero-order valence-electron chi connectivity index (χ0n) is 16.0. The van der Waals surface area contributed by atoms with Crippen molar-refractivity contribution in [2.45, 2.75) is 61.9 Å². The Bertz CT molecular complexity index is 940. The van der Waals surface area contributed by atoms with Gasteiger partial charge < -0.3 is 5.32 Å². The first-order valence-electron chi connectivity index (χ1n) is 9.89. The predicted molar refractivity (Wildman–Crippen MR) is 111 cm³/mol. The molecule has 1 aromatic heterocycles. The first kappa shape index (κ1) is 19.6. The van der Waals surface area contributed by atoms with Crippen LogP contribution in [-0.4, -0.2) is 30.7 Å². The Morgan fingerprint density at radius 2 is 1.86 bits per heavy atom. The molecule has 1 N–H and O–H groups in total. The standard InChI is InChI=1S/C21H26N2O3S2/c1-15-7-2-5-10-18(15)22-21(24)19-13-16-8-3-4-9-17(16)14-23(19)28(25,26)20-11-6-12-27-20/h3-4,6,8-9,11-12,15,18-19H,2,5,7,10,13-14H2,1H3,(H,22,24)/t15-,18-,19+/m1/s1. The number of nitrogens with zero attached hydrogens (tertiary/aromatic N) is 1. The van der Waals surface area contributed by atoms with Gasteiger partial charge in [-0.25, -0.2) is 8.42 Å². The van der Waals surface area contributed by atoms with Crippen LogP contribution in [0.5, 0.6) is 0 Å². The van der Waals surface area contributed by atoms with Gasteiger partial charge in [0.05, 0.1) is 0 Å². The Morgan fingerprint density at radius 3 is 2.57 bits per heavy atom. The third-order valence-corrected chi connectivity index (χ3v) is 9.23. The van der Waals surface area contributed by atoms with Crippen LogP contribution in [0.1, 0.15) is 43.7 Å². The second-order valence-electron chi connectivity index (χ2n) is 7.85. The van der Waals surface area contributed by atoms with Gasteiger partial charge in [0.15, 0.2) is 0 Å². The van der Waals surface area contributed by atoms with Gasteiger partial charge in [0, 0.05) is 12.6 Å². The lowest BCUT2D eigenvalue weighted by Crippen LogP contribution is -2.55. The summed E-state index contributed by atoms with van der Waals surface area (Å²) in [5.41, 5.74) is 2.02. The fourth-order valence-corrected chi connectivity index (χ4v) is 7.00. The topological polar surface area (TPSA) is 66.5 Å². The molecule has 2 aliphatic rings. The van der Waals surface area contributed by atoms with Crippen molar-refractivity contribution in [3.8, 4) is 0 Å². The molecule has 3 atom stereocenters. The average Bonchev–Trinajstić information content (AvgIpc) is 3.24. The maximum Gasteiger partial charge on any atom is 0.253 e. The fraction of sp³-hybridized carbons (Fsp3) is 0.476. The highest BCUT2D eigenvalue weighted by atomic mass is 32.2. The fourth-order valence-electron chi connectivity index (χ4n) is 4.31. The van der Waals surface area contributed by atoms with Gasteiger partial charge in [0.2, 0.25) is 5.91 Å². The minimum atomic E-state index is -3.72. The summed E-state index contributed by atoms with van der Waals surface area (Å²) in [6, 6.07) is 10.6. The molecule has 1 saturated carbocycles. The molecule has 0 saturated heterocycles. The zero-order chi connectivity index (χ0) is 19.7. The third kappa shape index (κ3) is 3.75. The normalized spacial score (nSPS) is 25.8. The molecule has 2 aromatic rings. The van der Waals surface area contributed by atoms with Gasteiger partial charge >= 0.3 is 0 Å². The van der Waals surface area contributed by atoms with E-state index in [1.807, 2.05) is 24.3 Å². The summed E-state index contributed by atoms with van der Waals surface area (Å²) >= 11 is 1.19. The van der Waals surface area contributed by atoms with Gasteiger partial charge in [-0.05, 0) is 47.8 Å². The predicted octanol–water partition coefficient (Wildman–Crippen LogP) is 3.56. The van der Waals surface area contributed by atoms with Gasteiger partial charge in [-0.15, -0.1) is 11.3 Å². The van der Waals surface area contributed by atoms with Gasteiger partial charge in [0.1, 0.15) is 10.3 Å². The SMILES string of the molecule is C[C@@H]1CCCC[C@H]1NC(=O)[C@@H]1Cc2ccccc2CN1S(=O)(=O)c1cccs1. The Hall–Kier alpha value is -1.70. The summed E-state index contributed by atoms with van der Waals surface area (Å²) in [5, 5.41) is 4.93.